The number of urea groups is 1. The predicted octanol–water partition coefficient (Wildman–Crippen LogP) is 1.64. The van der Waals surface area contributed by atoms with Gasteiger partial charge in [0.05, 0.1) is 17.7 Å². The molecule has 2 saturated heterocycles. The molecule has 1 aromatic rings. The van der Waals surface area contributed by atoms with E-state index in [1.165, 1.54) is 0 Å². The molecule has 1 spiro atoms. The first-order valence-electron chi connectivity index (χ1n) is 9.09. The van der Waals surface area contributed by atoms with Gasteiger partial charge >= 0.3 is 6.03 Å². The number of carbonyl (C=O) groups excluding carboxylic acids is 2. The lowest BCUT2D eigenvalue weighted by molar-refractivity contribution is -0.132. The number of piperidine rings is 1. The molecule has 7 heteroatoms. The predicted molar refractivity (Wildman–Crippen MR) is 95.5 cm³/mol. The van der Waals surface area contributed by atoms with Crippen molar-refractivity contribution in [1.29, 1.82) is 0 Å². The molecular formula is C18H29N5O2. The molecule has 0 radical (unpaired) electrons. The Hall–Kier alpha value is -2.05. The van der Waals surface area contributed by atoms with E-state index in [9.17, 15) is 9.59 Å². The average molecular weight is 347 g/mol. The van der Waals surface area contributed by atoms with Gasteiger partial charge in [0.15, 0.2) is 0 Å². The molecule has 2 fully saturated rings. The summed E-state index contributed by atoms with van der Waals surface area (Å²) in [5.41, 5.74) is 2.95. The van der Waals surface area contributed by atoms with Crippen LogP contribution in [0, 0.1) is 13.8 Å². The Bertz CT molecular complexity index is 686. The van der Waals surface area contributed by atoms with E-state index in [-0.39, 0.29) is 17.5 Å². The maximum Gasteiger partial charge on any atom is 0.317 e. The largest absolute Gasteiger partial charge is 0.342 e. The van der Waals surface area contributed by atoms with Crippen LogP contribution in [0.3, 0.4) is 0 Å². The second kappa shape index (κ2) is 6.35. The standard InChI is InChI=1S/C18H29N5O2/c1-12(2)23-14(4)15(13(3)20-23)10-16(24)22-8-6-18(7-9-22)11-19-17(25)21(18)5/h12H,6-11H2,1-5H3,(H,19,25). The van der Waals surface area contributed by atoms with Crippen LogP contribution in [-0.4, -0.2) is 63.7 Å². The van der Waals surface area contributed by atoms with Gasteiger partial charge in [-0.25, -0.2) is 4.79 Å². The van der Waals surface area contributed by atoms with E-state index < -0.39 is 0 Å². The normalized spacial score (nSPS) is 19.8. The molecule has 0 saturated carbocycles. The number of rotatable bonds is 3. The molecule has 0 bridgehead atoms. The zero-order valence-corrected chi connectivity index (χ0v) is 15.9. The minimum Gasteiger partial charge on any atom is -0.342 e. The van der Waals surface area contributed by atoms with Gasteiger partial charge in [-0.2, -0.15) is 5.10 Å². The van der Waals surface area contributed by atoms with Gasteiger partial charge in [-0.15, -0.1) is 0 Å². The fourth-order valence-electron chi connectivity index (χ4n) is 4.10. The molecule has 3 amide bonds. The molecular weight excluding hydrogens is 318 g/mol. The Morgan fingerprint density at radius 3 is 2.40 bits per heavy atom. The molecule has 25 heavy (non-hydrogen) atoms. The van der Waals surface area contributed by atoms with E-state index in [0.29, 0.717) is 32.1 Å². The van der Waals surface area contributed by atoms with Crippen molar-refractivity contribution in [3.05, 3.63) is 17.0 Å². The molecule has 1 N–H and O–H groups in total. The third kappa shape index (κ3) is 3.00. The van der Waals surface area contributed by atoms with E-state index >= 15 is 0 Å². The lowest BCUT2D eigenvalue weighted by Gasteiger charge is -2.42. The number of nitrogens with one attached hydrogen (secondary N) is 1. The number of amides is 3. The zero-order chi connectivity index (χ0) is 18.4. The Balaban J connectivity index is 1.65. The summed E-state index contributed by atoms with van der Waals surface area (Å²) in [7, 11) is 1.85. The van der Waals surface area contributed by atoms with Crippen LogP contribution in [0.15, 0.2) is 0 Å². The molecule has 3 heterocycles. The lowest BCUT2D eigenvalue weighted by Crippen LogP contribution is -2.54. The summed E-state index contributed by atoms with van der Waals surface area (Å²) in [4.78, 5) is 28.3. The van der Waals surface area contributed by atoms with Crippen molar-refractivity contribution in [2.24, 2.45) is 0 Å². The third-order valence-electron chi connectivity index (χ3n) is 5.92. The molecule has 2 aliphatic heterocycles. The number of carbonyl (C=O) groups is 2. The molecule has 138 valence electrons. The van der Waals surface area contributed by atoms with Crippen LogP contribution in [0.25, 0.3) is 0 Å². The first-order valence-corrected chi connectivity index (χ1v) is 9.09. The summed E-state index contributed by atoms with van der Waals surface area (Å²) in [5, 5.41) is 7.49. The van der Waals surface area contributed by atoms with Gasteiger partial charge in [0, 0.05) is 44.0 Å². The number of hydrogen-bond donors (Lipinski definition) is 1. The van der Waals surface area contributed by atoms with E-state index in [2.05, 4.69) is 24.3 Å². The van der Waals surface area contributed by atoms with Crippen LogP contribution in [0.5, 0.6) is 0 Å². The summed E-state index contributed by atoms with van der Waals surface area (Å²) >= 11 is 0. The summed E-state index contributed by atoms with van der Waals surface area (Å²) in [6, 6.07) is 0.285. The second-order valence-electron chi connectivity index (χ2n) is 7.69. The summed E-state index contributed by atoms with van der Waals surface area (Å²) in [6.45, 7) is 10.3. The Morgan fingerprint density at radius 1 is 1.28 bits per heavy atom. The van der Waals surface area contributed by atoms with Crippen molar-refractivity contribution in [3.8, 4) is 0 Å². The van der Waals surface area contributed by atoms with Gasteiger partial charge < -0.3 is 15.1 Å². The first-order chi connectivity index (χ1) is 11.7. The maximum absolute atomic E-state index is 12.8. The van der Waals surface area contributed by atoms with Crippen LogP contribution in [-0.2, 0) is 11.2 Å². The second-order valence-corrected chi connectivity index (χ2v) is 7.69. The maximum atomic E-state index is 12.8. The minimum absolute atomic E-state index is 0.00729. The number of aromatic nitrogens is 2. The first kappa shape index (κ1) is 17.8. The van der Waals surface area contributed by atoms with Crippen molar-refractivity contribution in [2.75, 3.05) is 26.7 Å². The highest BCUT2D eigenvalue weighted by atomic mass is 16.2. The van der Waals surface area contributed by atoms with Crippen LogP contribution in [0.1, 0.15) is 49.7 Å². The molecule has 1 aromatic heterocycles. The number of nitrogens with zero attached hydrogens (tertiary/aromatic N) is 4. The van der Waals surface area contributed by atoms with Gasteiger partial charge in [0.1, 0.15) is 0 Å². The van der Waals surface area contributed by atoms with E-state index in [0.717, 1.165) is 29.8 Å². The average Bonchev–Trinajstić information content (AvgIpc) is 3.01. The Labute approximate surface area is 149 Å². The fraction of sp³-hybridized carbons (Fsp3) is 0.722. The molecule has 0 aromatic carbocycles. The van der Waals surface area contributed by atoms with Gasteiger partial charge in [0.2, 0.25) is 5.91 Å². The van der Waals surface area contributed by atoms with Crippen molar-refractivity contribution < 1.29 is 9.59 Å². The zero-order valence-electron chi connectivity index (χ0n) is 15.9. The smallest absolute Gasteiger partial charge is 0.317 e. The molecule has 0 aliphatic carbocycles. The Morgan fingerprint density at radius 2 is 1.92 bits per heavy atom. The van der Waals surface area contributed by atoms with Gasteiger partial charge in [-0.3, -0.25) is 9.48 Å². The van der Waals surface area contributed by atoms with Crippen LogP contribution in [0.2, 0.25) is 0 Å². The molecule has 7 nitrogen and oxygen atoms in total. The molecule has 0 atom stereocenters. The van der Waals surface area contributed by atoms with Crippen molar-refractivity contribution in [3.63, 3.8) is 0 Å². The Kier molecular flexibility index (Phi) is 4.51. The van der Waals surface area contributed by atoms with E-state index in [1.54, 1.807) is 0 Å². The van der Waals surface area contributed by atoms with Crippen molar-refractivity contribution in [1.82, 2.24) is 24.9 Å². The van der Waals surface area contributed by atoms with E-state index in [4.69, 9.17) is 0 Å². The third-order valence-corrected chi connectivity index (χ3v) is 5.92. The highest BCUT2D eigenvalue weighted by Gasteiger charge is 2.45. The number of aryl methyl sites for hydroxylation is 1. The van der Waals surface area contributed by atoms with Crippen LogP contribution < -0.4 is 5.32 Å². The minimum atomic E-state index is -0.123. The summed E-state index contributed by atoms with van der Waals surface area (Å²) < 4.78 is 1.99. The number of likely N-dealkylation sites (tertiary alicyclic amines) is 1. The fourth-order valence-corrected chi connectivity index (χ4v) is 4.10. The molecule has 0 unspecified atom stereocenters. The van der Waals surface area contributed by atoms with Gasteiger partial charge in [0.25, 0.3) is 0 Å². The monoisotopic (exact) mass is 347 g/mol. The van der Waals surface area contributed by atoms with Crippen molar-refractivity contribution in [2.45, 2.75) is 58.5 Å². The highest BCUT2D eigenvalue weighted by molar-refractivity contribution is 5.80. The molecule has 3 rings (SSSR count). The summed E-state index contributed by atoms with van der Waals surface area (Å²) in [6.07, 6.45) is 2.07. The quantitative estimate of drug-likeness (QED) is 0.904. The van der Waals surface area contributed by atoms with Crippen LogP contribution >= 0.6 is 0 Å². The summed E-state index contributed by atoms with van der Waals surface area (Å²) in [5.74, 6) is 0.157. The number of likely N-dealkylation sites (N-methyl/N-ethyl adjacent to an activating group) is 1. The van der Waals surface area contributed by atoms with E-state index in [1.807, 2.05) is 35.4 Å². The lowest BCUT2D eigenvalue weighted by atomic mass is 9.87. The molecule has 2 aliphatic rings. The number of hydrogen-bond acceptors (Lipinski definition) is 3. The van der Waals surface area contributed by atoms with Crippen molar-refractivity contribution >= 4 is 11.9 Å². The van der Waals surface area contributed by atoms with Gasteiger partial charge in [-0.1, -0.05) is 0 Å². The van der Waals surface area contributed by atoms with Gasteiger partial charge in [-0.05, 0) is 40.5 Å². The SMILES string of the molecule is Cc1nn(C(C)C)c(C)c1CC(=O)N1CCC2(CC1)CNC(=O)N2C. The van der Waals surface area contributed by atoms with Crippen LogP contribution in [0.4, 0.5) is 4.79 Å². The topological polar surface area (TPSA) is 70.5 Å². The highest BCUT2D eigenvalue weighted by Crippen LogP contribution is 2.31.